The van der Waals surface area contributed by atoms with Crippen molar-refractivity contribution in [3.05, 3.63) is 23.8 Å². The van der Waals surface area contributed by atoms with Gasteiger partial charge in [-0.3, -0.25) is 0 Å². The molecule has 0 amide bonds. The first kappa shape index (κ1) is 8.42. The first-order valence-corrected chi connectivity index (χ1v) is 4.70. The lowest BCUT2D eigenvalue weighted by Gasteiger charge is -2.30. The molecule has 70 valence electrons. The predicted octanol–water partition coefficient (Wildman–Crippen LogP) is 2.58. The van der Waals surface area contributed by atoms with Gasteiger partial charge < -0.3 is 10.1 Å². The minimum atomic E-state index is 0.246. The van der Waals surface area contributed by atoms with Crippen molar-refractivity contribution in [1.82, 2.24) is 0 Å². The van der Waals surface area contributed by atoms with Crippen molar-refractivity contribution in [3.8, 4) is 5.75 Å². The second kappa shape index (κ2) is 2.95. The average molecular weight is 177 g/mol. The molecule has 2 atom stereocenters. The molecule has 1 heterocycles. The van der Waals surface area contributed by atoms with E-state index in [0.717, 1.165) is 11.4 Å². The summed E-state index contributed by atoms with van der Waals surface area (Å²) in [6.07, 6.45) is 0.246. The summed E-state index contributed by atoms with van der Waals surface area (Å²) in [6.45, 7) is 6.31. The van der Waals surface area contributed by atoms with E-state index in [-0.39, 0.29) is 6.10 Å². The fourth-order valence-electron chi connectivity index (χ4n) is 1.52. The SMILES string of the molecule is Cc1ccc2c(c1)NC(C)C(C)O2. The van der Waals surface area contributed by atoms with E-state index in [2.05, 4.69) is 38.2 Å². The molecule has 2 rings (SSSR count). The van der Waals surface area contributed by atoms with Gasteiger partial charge in [-0.1, -0.05) is 6.07 Å². The molecule has 0 fully saturated rings. The first-order valence-electron chi connectivity index (χ1n) is 4.70. The number of rotatable bonds is 0. The monoisotopic (exact) mass is 177 g/mol. The molecular formula is C11H15NO. The van der Waals surface area contributed by atoms with Crippen molar-refractivity contribution in [2.75, 3.05) is 5.32 Å². The Morgan fingerprint density at radius 3 is 2.85 bits per heavy atom. The molecule has 1 aromatic carbocycles. The number of ether oxygens (including phenoxy) is 1. The maximum absolute atomic E-state index is 5.74. The van der Waals surface area contributed by atoms with Gasteiger partial charge in [0.2, 0.25) is 0 Å². The molecule has 0 spiro atoms. The van der Waals surface area contributed by atoms with Gasteiger partial charge in [0.05, 0.1) is 11.7 Å². The summed E-state index contributed by atoms with van der Waals surface area (Å²) in [5, 5.41) is 3.43. The molecule has 0 aliphatic carbocycles. The number of hydrogen-bond acceptors (Lipinski definition) is 2. The molecule has 0 saturated carbocycles. The minimum Gasteiger partial charge on any atom is -0.486 e. The Morgan fingerprint density at radius 2 is 2.08 bits per heavy atom. The van der Waals surface area contributed by atoms with Crippen molar-refractivity contribution < 1.29 is 4.74 Å². The summed E-state index contributed by atoms with van der Waals surface area (Å²) in [6, 6.07) is 6.61. The molecule has 0 radical (unpaired) electrons. The van der Waals surface area contributed by atoms with E-state index in [4.69, 9.17) is 4.74 Å². The molecule has 2 heteroatoms. The van der Waals surface area contributed by atoms with Gasteiger partial charge in [0, 0.05) is 0 Å². The average Bonchev–Trinajstić information content (AvgIpc) is 2.08. The molecule has 1 aromatic rings. The minimum absolute atomic E-state index is 0.246. The zero-order valence-corrected chi connectivity index (χ0v) is 8.29. The Kier molecular flexibility index (Phi) is 1.91. The lowest BCUT2D eigenvalue weighted by atomic mass is 10.1. The van der Waals surface area contributed by atoms with Crippen LogP contribution < -0.4 is 10.1 Å². The fourth-order valence-corrected chi connectivity index (χ4v) is 1.52. The Hall–Kier alpha value is -1.18. The summed E-state index contributed by atoms with van der Waals surface area (Å²) < 4.78 is 5.74. The zero-order valence-electron chi connectivity index (χ0n) is 8.29. The Balaban J connectivity index is 2.37. The second-order valence-corrected chi connectivity index (χ2v) is 3.76. The van der Waals surface area contributed by atoms with Gasteiger partial charge in [-0.05, 0) is 38.5 Å². The Morgan fingerprint density at radius 1 is 1.31 bits per heavy atom. The van der Waals surface area contributed by atoms with E-state index in [0.29, 0.717) is 6.04 Å². The molecule has 0 bridgehead atoms. The largest absolute Gasteiger partial charge is 0.486 e. The van der Waals surface area contributed by atoms with E-state index < -0.39 is 0 Å². The van der Waals surface area contributed by atoms with Crippen LogP contribution in [0.5, 0.6) is 5.75 Å². The zero-order chi connectivity index (χ0) is 9.42. The Labute approximate surface area is 78.9 Å². The number of benzene rings is 1. The van der Waals surface area contributed by atoms with Crippen LogP contribution in [0.3, 0.4) is 0 Å². The van der Waals surface area contributed by atoms with E-state index in [1.54, 1.807) is 0 Å². The lowest BCUT2D eigenvalue weighted by Crippen LogP contribution is -2.36. The normalized spacial score (nSPS) is 25.8. The van der Waals surface area contributed by atoms with Crippen molar-refractivity contribution in [3.63, 3.8) is 0 Å². The van der Waals surface area contributed by atoms with E-state index in [1.165, 1.54) is 5.56 Å². The maximum Gasteiger partial charge on any atom is 0.142 e. The van der Waals surface area contributed by atoms with Gasteiger partial charge in [0.1, 0.15) is 11.9 Å². The van der Waals surface area contributed by atoms with Crippen molar-refractivity contribution in [1.29, 1.82) is 0 Å². The molecule has 2 nitrogen and oxygen atoms in total. The van der Waals surface area contributed by atoms with Gasteiger partial charge in [0.15, 0.2) is 0 Å². The van der Waals surface area contributed by atoms with E-state index >= 15 is 0 Å². The first-order chi connectivity index (χ1) is 6.16. The van der Waals surface area contributed by atoms with Crippen LogP contribution in [0.4, 0.5) is 5.69 Å². The van der Waals surface area contributed by atoms with Crippen LogP contribution >= 0.6 is 0 Å². The summed E-state index contributed by atoms with van der Waals surface area (Å²) in [4.78, 5) is 0. The summed E-state index contributed by atoms with van der Waals surface area (Å²) in [5.41, 5.74) is 2.38. The molecule has 1 N–H and O–H groups in total. The van der Waals surface area contributed by atoms with Crippen LogP contribution in [0.2, 0.25) is 0 Å². The summed E-state index contributed by atoms with van der Waals surface area (Å²) in [7, 11) is 0. The quantitative estimate of drug-likeness (QED) is 0.657. The van der Waals surface area contributed by atoms with Crippen LogP contribution in [0.15, 0.2) is 18.2 Å². The molecule has 1 aliphatic heterocycles. The molecule has 13 heavy (non-hydrogen) atoms. The van der Waals surface area contributed by atoms with E-state index in [9.17, 15) is 0 Å². The number of aryl methyl sites for hydroxylation is 1. The van der Waals surface area contributed by atoms with Crippen molar-refractivity contribution >= 4 is 5.69 Å². The van der Waals surface area contributed by atoms with Crippen molar-refractivity contribution in [2.24, 2.45) is 0 Å². The van der Waals surface area contributed by atoms with Crippen LogP contribution in [0, 0.1) is 6.92 Å². The molecular weight excluding hydrogens is 162 g/mol. The van der Waals surface area contributed by atoms with Gasteiger partial charge in [0.25, 0.3) is 0 Å². The highest BCUT2D eigenvalue weighted by atomic mass is 16.5. The van der Waals surface area contributed by atoms with Crippen LogP contribution in [0.25, 0.3) is 0 Å². The molecule has 2 unspecified atom stereocenters. The standard InChI is InChI=1S/C11H15NO/c1-7-4-5-11-10(6-7)12-8(2)9(3)13-11/h4-6,8-9,12H,1-3H3. The van der Waals surface area contributed by atoms with Gasteiger partial charge in [-0.25, -0.2) is 0 Å². The summed E-state index contributed by atoms with van der Waals surface area (Å²) >= 11 is 0. The van der Waals surface area contributed by atoms with Gasteiger partial charge in [-0.15, -0.1) is 0 Å². The molecule has 1 aliphatic rings. The lowest BCUT2D eigenvalue weighted by molar-refractivity contribution is 0.193. The molecule has 0 saturated heterocycles. The van der Waals surface area contributed by atoms with Crippen LogP contribution in [-0.4, -0.2) is 12.1 Å². The number of nitrogens with one attached hydrogen (secondary N) is 1. The maximum atomic E-state index is 5.74. The molecule has 0 aromatic heterocycles. The van der Waals surface area contributed by atoms with Crippen LogP contribution in [-0.2, 0) is 0 Å². The number of hydrogen-bond donors (Lipinski definition) is 1. The third kappa shape index (κ3) is 1.48. The highest BCUT2D eigenvalue weighted by Gasteiger charge is 2.21. The summed E-state index contributed by atoms with van der Waals surface area (Å²) in [5.74, 6) is 0.969. The van der Waals surface area contributed by atoms with Gasteiger partial charge >= 0.3 is 0 Å². The highest BCUT2D eigenvalue weighted by Crippen LogP contribution is 2.31. The van der Waals surface area contributed by atoms with Crippen LogP contribution in [0.1, 0.15) is 19.4 Å². The second-order valence-electron chi connectivity index (χ2n) is 3.76. The highest BCUT2D eigenvalue weighted by molar-refractivity contribution is 5.60. The Bertz CT molecular complexity index is 322. The predicted molar refractivity (Wildman–Crippen MR) is 54.4 cm³/mol. The van der Waals surface area contributed by atoms with Crippen molar-refractivity contribution in [2.45, 2.75) is 32.9 Å². The smallest absolute Gasteiger partial charge is 0.142 e. The third-order valence-corrected chi connectivity index (χ3v) is 2.54. The van der Waals surface area contributed by atoms with Gasteiger partial charge in [-0.2, -0.15) is 0 Å². The number of anilines is 1. The fraction of sp³-hybridized carbons (Fsp3) is 0.455. The third-order valence-electron chi connectivity index (χ3n) is 2.54. The number of fused-ring (bicyclic) bond motifs is 1. The topological polar surface area (TPSA) is 21.3 Å². The van der Waals surface area contributed by atoms with E-state index in [1.807, 2.05) is 6.07 Å².